The molecule has 1 aliphatic heterocycles. The second kappa shape index (κ2) is 13.5. The second-order valence-electron chi connectivity index (χ2n) is 11.2. The number of carbonyl (C=O) groups excluding carboxylic acids is 1. The number of rotatable bonds is 12. The number of aromatic nitrogens is 1. The molecule has 1 atom stereocenters. The fraction of sp³-hybridized carbons (Fsp3) is 0.270. The van der Waals surface area contributed by atoms with Crippen molar-refractivity contribution < 1.29 is 9.53 Å². The quantitative estimate of drug-likeness (QED) is 0.180. The number of ether oxygens (including phenoxy) is 1. The van der Waals surface area contributed by atoms with Gasteiger partial charge in [0.1, 0.15) is 12.4 Å². The van der Waals surface area contributed by atoms with Gasteiger partial charge in [0.15, 0.2) is 0 Å². The predicted molar refractivity (Wildman–Crippen MR) is 170 cm³/mol. The maximum Gasteiger partial charge on any atom is 0.220 e. The van der Waals surface area contributed by atoms with E-state index in [2.05, 4.69) is 93.8 Å². The first kappa shape index (κ1) is 27.8. The lowest BCUT2D eigenvalue weighted by molar-refractivity contribution is -0.121. The van der Waals surface area contributed by atoms with Crippen molar-refractivity contribution >= 4 is 16.8 Å². The van der Waals surface area contributed by atoms with Crippen molar-refractivity contribution in [2.45, 2.75) is 38.3 Å². The Morgan fingerprint density at radius 2 is 1.45 bits per heavy atom. The maximum absolute atomic E-state index is 13.4. The monoisotopic (exact) mass is 557 g/mol. The number of amides is 1. The number of nitrogens with zero attached hydrogens (tertiary/aromatic N) is 2. The molecular weight excluding hydrogens is 518 g/mol. The Kier molecular flexibility index (Phi) is 8.96. The summed E-state index contributed by atoms with van der Waals surface area (Å²) in [4.78, 5) is 15.8. The molecule has 214 valence electrons. The summed E-state index contributed by atoms with van der Waals surface area (Å²) in [6, 6.07) is 37.6. The zero-order valence-electron chi connectivity index (χ0n) is 24.1. The van der Waals surface area contributed by atoms with Crippen molar-refractivity contribution in [2.24, 2.45) is 0 Å². The molecule has 1 aromatic heterocycles. The van der Waals surface area contributed by atoms with Gasteiger partial charge in [-0.05, 0) is 66.4 Å². The largest absolute Gasteiger partial charge is 0.489 e. The number of hydrogen-bond acceptors (Lipinski definition) is 3. The van der Waals surface area contributed by atoms with Gasteiger partial charge in [-0.3, -0.25) is 4.79 Å². The Bertz CT molecular complexity index is 1570. The minimum absolute atomic E-state index is 0.0816. The Hall–Kier alpha value is -4.35. The molecule has 1 amide bonds. The number of benzene rings is 4. The van der Waals surface area contributed by atoms with Crippen LogP contribution < -0.4 is 10.1 Å². The minimum atomic E-state index is -0.0816. The van der Waals surface area contributed by atoms with Gasteiger partial charge in [-0.15, -0.1) is 0 Å². The van der Waals surface area contributed by atoms with E-state index in [0.717, 1.165) is 43.1 Å². The van der Waals surface area contributed by atoms with E-state index in [1.807, 2.05) is 36.4 Å². The lowest BCUT2D eigenvalue weighted by atomic mass is 9.88. The first-order valence-corrected chi connectivity index (χ1v) is 15.1. The summed E-state index contributed by atoms with van der Waals surface area (Å²) in [6.07, 6.45) is 5.16. The maximum atomic E-state index is 13.4. The van der Waals surface area contributed by atoms with Crippen molar-refractivity contribution in [3.8, 4) is 5.75 Å². The van der Waals surface area contributed by atoms with E-state index in [0.29, 0.717) is 19.6 Å². The summed E-state index contributed by atoms with van der Waals surface area (Å²) < 4.78 is 8.38. The Morgan fingerprint density at radius 3 is 2.19 bits per heavy atom. The van der Waals surface area contributed by atoms with Crippen molar-refractivity contribution in [2.75, 3.05) is 26.2 Å². The number of hydrogen-bond donors (Lipinski definition) is 1. The topological polar surface area (TPSA) is 46.5 Å². The third-order valence-electron chi connectivity index (χ3n) is 8.26. The van der Waals surface area contributed by atoms with E-state index in [4.69, 9.17) is 4.74 Å². The normalized spacial score (nSPS) is 14.2. The van der Waals surface area contributed by atoms with Crippen LogP contribution in [0.1, 0.15) is 47.4 Å². The van der Waals surface area contributed by atoms with E-state index in [1.165, 1.54) is 34.9 Å². The van der Waals surface area contributed by atoms with Gasteiger partial charge >= 0.3 is 0 Å². The fourth-order valence-electron chi connectivity index (χ4n) is 6.03. The average molecular weight is 558 g/mol. The van der Waals surface area contributed by atoms with E-state index < -0.39 is 0 Å². The van der Waals surface area contributed by atoms with Crippen LogP contribution in [0.4, 0.5) is 0 Å². The molecular formula is C37H39N3O2. The van der Waals surface area contributed by atoms with Gasteiger partial charge in [-0.1, -0.05) is 91.0 Å². The fourth-order valence-corrected chi connectivity index (χ4v) is 6.03. The van der Waals surface area contributed by atoms with Crippen molar-refractivity contribution in [3.05, 3.63) is 138 Å². The standard InChI is InChI=1S/C37H39N3O2/c41-37(38-21-24-39-22-9-10-23-39)25-34(31-17-19-32(20-18-31)42-28-30-13-5-2-6-14-30)35-27-40(26-29-11-3-1-4-12-29)36-16-8-7-15-33(35)36/h1-8,11-20,27,34H,9-10,21-26,28H2,(H,38,41)/t34-/m0/s1. The van der Waals surface area contributed by atoms with Crippen LogP contribution in [-0.2, 0) is 17.9 Å². The third-order valence-corrected chi connectivity index (χ3v) is 8.26. The zero-order valence-corrected chi connectivity index (χ0v) is 24.1. The molecule has 5 aromatic rings. The molecule has 0 unspecified atom stereocenters. The summed E-state index contributed by atoms with van der Waals surface area (Å²) in [5.41, 5.74) is 5.85. The Labute approximate surface area is 248 Å². The van der Waals surface area contributed by atoms with Gasteiger partial charge in [-0.2, -0.15) is 0 Å². The van der Waals surface area contributed by atoms with E-state index in [1.54, 1.807) is 0 Å². The molecule has 0 radical (unpaired) electrons. The second-order valence-corrected chi connectivity index (χ2v) is 11.2. The summed E-state index contributed by atoms with van der Waals surface area (Å²) in [7, 11) is 0. The van der Waals surface area contributed by atoms with Crippen molar-refractivity contribution in [1.29, 1.82) is 0 Å². The number of likely N-dealkylation sites (tertiary alicyclic amines) is 1. The first-order chi connectivity index (χ1) is 20.7. The Morgan fingerprint density at radius 1 is 0.786 bits per heavy atom. The molecule has 1 N–H and O–H groups in total. The molecule has 1 saturated heterocycles. The highest BCUT2D eigenvalue weighted by atomic mass is 16.5. The number of carbonyl (C=O) groups is 1. The molecule has 1 fully saturated rings. The molecule has 6 rings (SSSR count). The molecule has 4 aromatic carbocycles. The highest BCUT2D eigenvalue weighted by molar-refractivity contribution is 5.86. The molecule has 0 aliphatic carbocycles. The third kappa shape index (κ3) is 6.92. The van der Waals surface area contributed by atoms with Crippen LogP contribution in [0.2, 0.25) is 0 Å². The zero-order chi connectivity index (χ0) is 28.6. The average Bonchev–Trinajstić information content (AvgIpc) is 3.69. The van der Waals surface area contributed by atoms with Crippen LogP contribution in [0, 0.1) is 0 Å². The lowest BCUT2D eigenvalue weighted by Crippen LogP contribution is -2.34. The first-order valence-electron chi connectivity index (χ1n) is 15.1. The summed E-state index contributed by atoms with van der Waals surface area (Å²) in [5.74, 6) is 0.827. The summed E-state index contributed by atoms with van der Waals surface area (Å²) in [5, 5.41) is 4.40. The van der Waals surface area contributed by atoms with Crippen LogP contribution >= 0.6 is 0 Å². The number of fused-ring (bicyclic) bond motifs is 1. The molecule has 0 bridgehead atoms. The smallest absolute Gasteiger partial charge is 0.220 e. The van der Waals surface area contributed by atoms with Crippen LogP contribution in [-0.4, -0.2) is 41.6 Å². The highest BCUT2D eigenvalue weighted by Gasteiger charge is 2.23. The number of para-hydroxylation sites is 1. The van der Waals surface area contributed by atoms with Gasteiger partial charge in [-0.25, -0.2) is 0 Å². The number of nitrogens with one attached hydrogen (secondary N) is 1. The molecule has 0 saturated carbocycles. The van der Waals surface area contributed by atoms with Crippen molar-refractivity contribution in [3.63, 3.8) is 0 Å². The van der Waals surface area contributed by atoms with E-state index in [-0.39, 0.29) is 11.8 Å². The van der Waals surface area contributed by atoms with Gasteiger partial charge in [0.05, 0.1) is 0 Å². The molecule has 0 spiro atoms. The summed E-state index contributed by atoms with van der Waals surface area (Å²) in [6.45, 7) is 5.18. The lowest BCUT2D eigenvalue weighted by Gasteiger charge is -2.19. The van der Waals surface area contributed by atoms with Crippen LogP contribution in [0.15, 0.2) is 115 Å². The molecule has 2 heterocycles. The van der Waals surface area contributed by atoms with Crippen LogP contribution in [0.3, 0.4) is 0 Å². The van der Waals surface area contributed by atoms with E-state index >= 15 is 0 Å². The molecule has 42 heavy (non-hydrogen) atoms. The highest BCUT2D eigenvalue weighted by Crippen LogP contribution is 2.36. The van der Waals surface area contributed by atoms with Crippen LogP contribution in [0.25, 0.3) is 10.9 Å². The van der Waals surface area contributed by atoms with Gasteiger partial charge < -0.3 is 19.5 Å². The molecule has 1 aliphatic rings. The minimum Gasteiger partial charge on any atom is -0.489 e. The van der Waals surface area contributed by atoms with Gasteiger partial charge in [0.25, 0.3) is 0 Å². The predicted octanol–water partition coefficient (Wildman–Crippen LogP) is 7.00. The van der Waals surface area contributed by atoms with E-state index in [9.17, 15) is 4.79 Å². The molecule has 5 heteroatoms. The van der Waals surface area contributed by atoms with Crippen molar-refractivity contribution in [1.82, 2.24) is 14.8 Å². The molecule has 5 nitrogen and oxygen atoms in total. The van der Waals surface area contributed by atoms with Crippen LogP contribution in [0.5, 0.6) is 5.75 Å². The SMILES string of the molecule is O=C(C[C@@H](c1ccc(OCc2ccccc2)cc1)c1cn(Cc2ccccc2)c2ccccc12)NCCN1CCCC1. The van der Waals surface area contributed by atoms with Gasteiger partial charge in [0.2, 0.25) is 5.91 Å². The summed E-state index contributed by atoms with van der Waals surface area (Å²) >= 11 is 0. The Balaban J connectivity index is 1.26. The van der Waals surface area contributed by atoms with Gasteiger partial charge in [0, 0.05) is 49.1 Å².